The van der Waals surface area contributed by atoms with Gasteiger partial charge < -0.3 is 9.67 Å². The predicted octanol–water partition coefficient (Wildman–Crippen LogP) is 2.02. The van der Waals surface area contributed by atoms with Crippen LogP contribution in [0.4, 0.5) is 0 Å². The molecule has 2 aromatic heterocycles. The number of carboxylic acids is 1. The minimum Gasteiger partial charge on any atom is -0.481 e. The Hall–Kier alpha value is -1.89. The van der Waals surface area contributed by atoms with E-state index in [4.69, 9.17) is 5.11 Å². The molecule has 0 atom stereocenters. The van der Waals surface area contributed by atoms with Crippen molar-refractivity contribution in [1.82, 2.24) is 19.7 Å². The fourth-order valence-corrected chi connectivity index (χ4v) is 2.45. The van der Waals surface area contributed by atoms with Crippen molar-refractivity contribution in [3.05, 3.63) is 35.9 Å². The van der Waals surface area contributed by atoms with Gasteiger partial charge in [0.2, 0.25) is 0 Å². The highest BCUT2D eigenvalue weighted by molar-refractivity contribution is 7.99. The monoisotopic (exact) mass is 292 g/mol. The molecule has 106 valence electrons. The van der Waals surface area contributed by atoms with E-state index in [1.54, 1.807) is 12.4 Å². The maximum absolute atomic E-state index is 10.7. The molecule has 20 heavy (non-hydrogen) atoms. The molecule has 0 aliphatic carbocycles. The summed E-state index contributed by atoms with van der Waals surface area (Å²) in [5.74, 6) is 0.181. The number of carbonyl (C=O) groups is 1. The zero-order valence-electron chi connectivity index (χ0n) is 11.4. The summed E-state index contributed by atoms with van der Waals surface area (Å²) in [6.45, 7) is 4.67. The van der Waals surface area contributed by atoms with E-state index in [1.807, 2.05) is 30.5 Å². The van der Waals surface area contributed by atoms with Crippen LogP contribution in [-0.2, 0) is 11.3 Å². The minimum absolute atomic E-state index is 0.0245. The first-order valence-electron chi connectivity index (χ1n) is 6.24. The lowest BCUT2D eigenvalue weighted by Crippen LogP contribution is -2.09. The molecule has 6 nitrogen and oxygen atoms in total. The lowest BCUT2D eigenvalue weighted by atomic mass is 10.2. The zero-order chi connectivity index (χ0) is 14.5. The zero-order valence-corrected chi connectivity index (χ0v) is 12.2. The average Bonchev–Trinajstić information content (AvgIpc) is 2.80. The van der Waals surface area contributed by atoms with Gasteiger partial charge in [-0.15, -0.1) is 10.2 Å². The van der Waals surface area contributed by atoms with Gasteiger partial charge in [0.1, 0.15) is 5.82 Å². The fourth-order valence-electron chi connectivity index (χ4n) is 1.78. The van der Waals surface area contributed by atoms with Gasteiger partial charge >= 0.3 is 5.97 Å². The van der Waals surface area contributed by atoms with Gasteiger partial charge in [0.05, 0.1) is 12.3 Å². The van der Waals surface area contributed by atoms with Gasteiger partial charge in [0, 0.05) is 18.3 Å². The normalized spacial score (nSPS) is 10.9. The number of carboxylic acid groups (broad SMARTS) is 1. The third-order valence-electron chi connectivity index (χ3n) is 2.65. The lowest BCUT2D eigenvalue weighted by Gasteiger charge is -2.11. The predicted molar refractivity (Wildman–Crippen MR) is 75.8 cm³/mol. The van der Waals surface area contributed by atoms with E-state index in [1.165, 1.54) is 11.8 Å². The van der Waals surface area contributed by atoms with Crippen LogP contribution in [0.1, 0.15) is 31.2 Å². The second-order valence-corrected chi connectivity index (χ2v) is 5.57. The number of hydrogen-bond acceptors (Lipinski definition) is 5. The number of thioether (sulfide) groups is 1. The number of pyridine rings is 1. The van der Waals surface area contributed by atoms with Crippen LogP contribution in [0.25, 0.3) is 0 Å². The van der Waals surface area contributed by atoms with Gasteiger partial charge in [0.25, 0.3) is 0 Å². The summed E-state index contributed by atoms with van der Waals surface area (Å²) in [5.41, 5.74) is 1.03. The molecule has 1 N–H and O–H groups in total. The van der Waals surface area contributed by atoms with E-state index >= 15 is 0 Å². The highest BCUT2D eigenvalue weighted by Gasteiger charge is 2.16. The number of aromatic nitrogens is 4. The molecular weight excluding hydrogens is 276 g/mol. The van der Waals surface area contributed by atoms with Crippen LogP contribution in [0.2, 0.25) is 0 Å². The molecule has 0 radical (unpaired) electrons. The summed E-state index contributed by atoms with van der Waals surface area (Å²) in [5, 5.41) is 17.7. The number of hydrogen-bond donors (Lipinski definition) is 1. The Kier molecular flexibility index (Phi) is 4.73. The highest BCUT2D eigenvalue weighted by Crippen LogP contribution is 2.22. The highest BCUT2D eigenvalue weighted by atomic mass is 32.2. The quantitative estimate of drug-likeness (QED) is 0.820. The van der Waals surface area contributed by atoms with Crippen molar-refractivity contribution in [2.45, 2.75) is 31.5 Å². The number of nitrogens with zero attached hydrogens (tertiary/aromatic N) is 4. The second kappa shape index (κ2) is 6.51. The fraction of sp³-hybridized carbons (Fsp3) is 0.385. The summed E-state index contributed by atoms with van der Waals surface area (Å²) in [6.07, 6.45) is 3.51. The standard InChI is InChI=1S/C13H16N4O2S/c1-9(2)12-15-16-13(20-8-11(18)19)17(12)7-10-4-3-5-14-6-10/h3-6,9H,7-8H2,1-2H3,(H,18,19). The molecule has 7 heteroatoms. The average molecular weight is 292 g/mol. The van der Waals surface area contributed by atoms with Crippen molar-refractivity contribution in [1.29, 1.82) is 0 Å². The molecule has 0 saturated heterocycles. The van der Waals surface area contributed by atoms with Crippen molar-refractivity contribution in [3.63, 3.8) is 0 Å². The van der Waals surface area contributed by atoms with E-state index in [0.717, 1.165) is 11.4 Å². The van der Waals surface area contributed by atoms with E-state index in [0.29, 0.717) is 11.7 Å². The lowest BCUT2D eigenvalue weighted by molar-refractivity contribution is -0.133. The maximum Gasteiger partial charge on any atom is 0.313 e. The van der Waals surface area contributed by atoms with Crippen molar-refractivity contribution >= 4 is 17.7 Å². The van der Waals surface area contributed by atoms with Crippen molar-refractivity contribution in [2.24, 2.45) is 0 Å². The third-order valence-corrected chi connectivity index (χ3v) is 3.60. The van der Waals surface area contributed by atoms with Gasteiger partial charge in [-0.1, -0.05) is 31.7 Å². The van der Waals surface area contributed by atoms with Crippen molar-refractivity contribution in [2.75, 3.05) is 5.75 Å². The minimum atomic E-state index is -0.864. The maximum atomic E-state index is 10.7. The van der Waals surface area contributed by atoms with Gasteiger partial charge in [-0.25, -0.2) is 0 Å². The first-order chi connectivity index (χ1) is 9.58. The Morgan fingerprint density at radius 1 is 1.45 bits per heavy atom. The van der Waals surface area contributed by atoms with Crippen LogP contribution in [0, 0.1) is 0 Å². The van der Waals surface area contributed by atoms with Crippen LogP contribution in [0.5, 0.6) is 0 Å². The largest absolute Gasteiger partial charge is 0.481 e. The molecule has 0 aliphatic rings. The first-order valence-corrected chi connectivity index (χ1v) is 7.23. The Bertz CT molecular complexity index is 583. The Morgan fingerprint density at radius 2 is 2.25 bits per heavy atom. The van der Waals surface area contributed by atoms with Crippen LogP contribution >= 0.6 is 11.8 Å². The SMILES string of the molecule is CC(C)c1nnc(SCC(=O)O)n1Cc1cccnc1. The van der Waals surface area contributed by atoms with Gasteiger partial charge in [-0.3, -0.25) is 9.78 Å². The van der Waals surface area contributed by atoms with E-state index in [-0.39, 0.29) is 11.7 Å². The molecule has 0 amide bonds. The molecule has 0 saturated carbocycles. The molecule has 2 aromatic rings. The van der Waals surface area contributed by atoms with Gasteiger partial charge in [0.15, 0.2) is 5.16 Å². The molecule has 0 aromatic carbocycles. The van der Waals surface area contributed by atoms with Gasteiger partial charge in [-0.05, 0) is 11.6 Å². The molecule has 0 spiro atoms. The molecule has 0 fully saturated rings. The summed E-state index contributed by atoms with van der Waals surface area (Å²) in [7, 11) is 0. The summed E-state index contributed by atoms with van der Waals surface area (Å²) in [4.78, 5) is 14.8. The topological polar surface area (TPSA) is 80.9 Å². The molecule has 2 rings (SSSR count). The Morgan fingerprint density at radius 3 is 2.85 bits per heavy atom. The molecule has 0 unspecified atom stereocenters. The Balaban J connectivity index is 2.27. The van der Waals surface area contributed by atoms with Crippen LogP contribution < -0.4 is 0 Å². The summed E-state index contributed by atoms with van der Waals surface area (Å²) < 4.78 is 1.95. The summed E-state index contributed by atoms with van der Waals surface area (Å²) in [6, 6.07) is 3.85. The third kappa shape index (κ3) is 3.57. The molecule has 0 bridgehead atoms. The number of rotatable bonds is 6. The molecule has 0 aliphatic heterocycles. The summed E-state index contributed by atoms with van der Waals surface area (Å²) >= 11 is 1.18. The smallest absolute Gasteiger partial charge is 0.313 e. The van der Waals surface area contributed by atoms with E-state index in [2.05, 4.69) is 15.2 Å². The second-order valence-electron chi connectivity index (χ2n) is 4.63. The van der Waals surface area contributed by atoms with Crippen LogP contribution in [-0.4, -0.2) is 36.6 Å². The van der Waals surface area contributed by atoms with E-state index in [9.17, 15) is 4.79 Å². The first kappa shape index (κ1) is 14.5. The van der Waals surface area contributed by atoms with E-state index < -0.39 is 5.97 Å². The van der Waals surface area contributed by atoms with Crippen LogP contribution in [0.3, 0.4) is 0 Å². The number of aliphatic carboxylic acids is 1. The molecular formula is C13H16N4O2S. The Labute approximate surface area is 121 Å². The van der Waals surface area contributed by atoms with Crippen molar-refractivity contribution in [3.8, 4) is 0 Å². The van der Waals surface area contributed by atoms with Crippen LogP contribution in [0.15, 0.2) is 29.7 Å². The van der Waals surface area contributed by atoms with Crippen molar-refractivity contribution < 1.29 is 9.90 Å². The van der Waals surface area contributed by atoms with Gasteiger partial charge in [-0.2, -0.15) is 0 Å². The molecule has 2 heterocycles.